The Labute approximate surface area is 70.3 Å². The lowest BCUT2D eigenvalue weighted by Gasteiger charge is -1.99. The highest BCUT2D eigenvalue weighted by molar-refractivity contribution is 5.47. The highest BCUT2D eigenvalue weighted by atomic mass is 15.3. The molecule has 0 radical (unpaired) electrons. The lowest BCUT2D eigenvalue weighted by Crippen LogP contribution is -1.95. The molecule has 0 unspecified atom stereocenters. The first kappa shape index (κ1) is 7.21. The number of hydrogen-bond acceptors (Lipinski definition) is 3. The number of nitrogens with zero attached hydrogens (tertiary/aromatic N) is 4. The van der Waals surface area contributed by atoms with Crippen LogP contribution in [0.15, 0.2) is 6.33 Å². The standard InChI is InChI=1S/C8H10N4/c1-5-6(2)9-4-12-7(3)10-11-8(5)12/h4H,1-3H3. The Bertz CT molecular complexity index is 430. The van der Waals surface area contributed by atoms with Gasteiger partial charge < -0.3 is 0 Å². The fourth-order valence-corrected chi connectivity index (χ4v) is 1.17. The molecule has 4 heteroatoms. The molecule has 0 atom stereocenters. The van der Waals surface area contributed by atoms with Gasteiger partial charge in [0.2, 0.25) is 0 Å². The fourth-order valence-electron chi connectivity index (χ4n) is 1.17. The minimum absolute atomic E-state index is 0.876. The topological polar surface area (TPSA) is 43.1 Å². The lowest BCUT2D eigenvalue weighted by molar-refractivity contribution is 0.965. The lowest BCUT2D eigenvalue weighted by atomic mass is 10.3. The fraction of sp³-hybridized carbons (Fsp3) is 0.375. The van der Waals surface area contributed by atoms with Crippen LogP contribution in [0.3, 0.4) is 0 Å². The van der Waals surface area contributed by atoms with Crippen LogP contribution in [0, 0.1) is 20.8 Å². The molecule has 0 aliphatic rings. The summed E-state index contributed by atoms with van der Waals surface area (Å²) < 4.78 is 1.89. The van der Waals surface area contributed by atoms with E-state index < -0.39 is 0 Å². The highest BCUT2D eigenvalue weighted by Crippen LogP contribution is 2.09. The third-order valence-corrected chi connectivity index (χ3v) is 2.11. The summed E-state index contributed by atoms with van der Waals surface area (Å²) >= 11 is 0. The van der Waals surface area contributed by atoms with Gasteiger partial charge in [-0.3, -0.25) is 4.40 Å². The van der Waals surface area contributed by atoms with E-state index in [1.807, 2.05) is 25.2 Å². The molecule has 2 aromatic rings. The molecule has 0 aliphatic heterocycles. The maximum absolute atomic E-state index is 4.22. The van der Waals surface area contributed by atoms with Crippen LogP contribution in [0.1, 0.15) is 17.1 Å². The molecular weight excluding hydrogens is 152 g/mol. The quantitative estimate of drug-likeness (QED) is 0.581. The molecule has 4 nitrogen and oxygen atoms in total. The SMILES string of the molecule is Cc1ncn2c(C)nnc2c1C. The molecule has 2 heterocycles. The van der Waals surface area contributed by atoms with Crippen LogP contribution in [0.2, 0.25) is 0 Å². The molecule has 0 bridgehead atoms. The minimum atomic E-state index is 0.876. The third kappa shape index (κ3) is 0.809. The van der Waals surface area contributed by atoms with Gasteiger partial charge in [0, 0.05) is 11.3 Å². The van der Waals surface area contributed by atoms with Crippen molar-refractivity contribution in [1.82, 2.24) is 19.6 Å². The van der Waals surface area contributed by atoms with Gasteiger partial charge in [-0.2, -0.15) is 0 Å². The summed E-state index contributed by atoms with van der Waals surface area (Å²) in [4.78, 5) is 4.22. The van der Waals surface area contributed by atoms with Crippen LogP contribution >= 0.6 is 0 Å². The molecular formula is C8H10N4. The Balaban J connectivity index is 2.93. The predicted molar refractivity (Wildman–Crippen MR) is 45.0 cm³/mol. The van der Waals surface area contributed by atoms with Gasteiger partial charge in [-0.1, -0.05) is 0 Å². The van der Waals surface area contributed by atoms with Crippen LogP contribution < -0.4 is 0 Å². The number of rotatable bonds is 0. The number of hydrogen-bond donors (Lipinski definition) is 0. The minimum Gasteiger partial charge on any atom is -0.269 e. The first-order valence-electron chi connectivity index (χ1n) is 3.83. The van der Waals surface area contributed by atoms with E-state index in [1.165, 1.54) is 0 Å². The van der Waals surface area contributed by atoms with E-state index in [2.05, 4.69) is 15.2 Å². The third-order valence-electron chi connectivity index (χ3n) is 2.11. The van der Waals surface area contributed by atoms with E-state index in [0.717, 1.165) is 22.7 Å². The van der Waals surface area contributed by atoms with Gasteiger partial charge in [0.15, 0.2) is 5.65 Å². The van der Waals surface area contributed by atoms with E-state index in [0.29, 0.717) is 0 Å². The highest BCUT2D eigenvalue weighted by Gasteiger charge is 2.05. The molecule has 62 valence electrons. The van der Waals surface area contributed by atoms with Gasteiger partial charge in [-0.25, -0.2) is 4.98 Å². The molecule has 0 N–H and O–H groups in total. The maximum atomic E-state index is 4.22. The van der Waals surface area contributed by atoms with Crippen molar-refractivity contribution in [2.75, 3.05) is 0 Å². The zero-order valence-corrected chi connectivity index (χ0v) is 7.37. The molecule has 0 aliphatic carbocycles. The average Bonchev–Trinajstić information content (AvgIpc) is 2.41. The Kier molecular flexibility index (Phi) is 1.36. The number of aryl methyl sites for hydroxylation is 3. The Morgan fingerprint density at radius 2 is 1.92 bits per heavy atom. The van der Waals surface area contributed by atoms with Crippen molar-refractivity contribution in [3.8, 4) is 0 Å². The second-order valence-corrected chi connectivity index (χ2v) is 2.90. The van der Waals surface area contributed by atoms with Crippen LogP contribution in [0.25, 0.3) is 5.65 Å². The average molecular weight is 162 g/mol. The predicted octanol–water partition coefficient (Wildman–Crippen LogP) is 1.05. The summed E-state index contributed by atoms with van der Waals surface area (Å²) in [6, 6.07) is 0. The molecule has 0 spiro atoms. The Morgan fingerprint density at radius 1 is 1.17 bits per heavy atom. The first-order chi connectivity index (χ1) is 5.70. The second-order valence-electron chi connectivity index (χ2n) is 2.90. The zero-order valence-electron chi connectivity index (χ0n) is 7.37. The summed E-state index contributed by atoms with van der Waals surface area (Å²) in [5.41, 5.74) is 3.01. The summed E-state index contributed by atoms with van der Waals surface area (Å²) in [7, 11) is 0. The molecule has 12 heavy (non-hydrogen) atoms. The van der Waals surface area contributed by atoms with E-state index in [4.69, 9.17) is 0 Å². The molecule has 2 rings (SSSR count). The molecule has 0 aromatic carbocycles. The largest absolute Gasteiger partial charge is 0.269 e. The molecule has 2 aromatic heterocycles. The first-order valence-corrected chi connectivity index (χ1v) is 3.83. The van der Waals surface area contributed by atoms with Crippen molar-refractivity contribution in [2.45, 2.75) is 20.8 Å². The van der Waals surface area contributed by atoms with E-state index in [-0.39, 0.29) is 0 Å². The summed E-state index contributed by atoms with van der Waals surface area (Å²) in [6.45, 7) is 5.89. The summed E-state index contributed by atoms with van der Waals surface area (Å²) in [5, 5.41) is 8.02. The van der Waals surface area contributed by atoms with Crippen LogP contribution in [-0.4, -0.2) is 19.6 Å². The van der Waals surface area contributed by atoms with Crippen LogP contribution in [-0.2, 0) is 0 Å². The van der Waals surface area contributed by atoms with E-state index in [9.17, 15) is 0 Å². The molecule has 0 amide bonds. The van der Waals surface area contributed by atoms with Crippen molar-refractivity contribution in [1.29, 1.82) is 0 Å². The van der Waals surface area contributed by atoms with Crippen molar-refractivity contribution in [2.24, 2.45) is 0 Å². The molecule has 0 saturated heterocycles. The van der Waals surface area contributed by atoms with Gasteiger partial charge in [0.25, 0.3) is 0 Å². The monoisotopic (exact) mass is 162 g/mol. The summed E-state index contributed by atoms with van der Waals surface area (Å²) in [6.07, 6.45) is 1.76. The van der Waals surface area contributed by atoms with Crippen molar-refractivity contribution in [3.05, 3.63) is 23.4 Å². The van der Waals surface area contributed by atoms with Crippen molar-refractivity contribution >= 4 is 5.65 Å². The van der Waals surface area contributed by atoms with Crippen LogP contribution in [0.5, 0.6) is 0 Å². The van der Waals surface area contributed by atoms with Crippen molar-refractivity contribution < 1.29 is 0 Å². The van der Waals surface area contributed by atoms with Gasteiger partial charge >= 0.3 is 0 Å². The zero-order chi connectivity index (χ0) is 8.72. The van der Waals surface area contributed by atoms with Crippen LogP contribution in [0.4, 0.5) is 0 Å². The van der Waals surface area contributed by atoms with Gasteiger partial charge in [0.05, 0.1) is 0 Å². The molecule has 0 saturated carbocycles. The maximum Gasteiger partial charge on any atom is 0.166 e. The van der Waals surface area contributed by atoms with Gasteiger partial charge in [-0.15, -0.1) is 10.2 Å². The van der Waals surface area contributed by atoms with E-state index in [1.54, 1.807) is 6.33 Å². The number of fused-ring (bicyclic) bond motifs is 1. The van der Waals surface area contributed by atoms with E-state index >= 15 is 0 Å². The second kappa shape index (κ2) is 2.27. The molecule has 0 fully saturated rings. The van der Waals surface area contributed by atoms with Gasteiger partial charge in [0.1, 0.15) is 12.2 Å². The summed E-state index contributed by atoms with van der Waals surface area (Å²) in [5.74, 6) is 0.876. The Morgan fingerprint density at radius 3 is 2.67 bits per heavy atom. The smallest absolute Gasteiger partial charge is 0.166 e. The van der Waals surface area contributed by atoms with Gasteiger partial charge in [-0.05, 0) is 20.8 Å². The van der Waals surface area contributed by atoms with Crippen molar-refractivity contribution in [3.63, 3.8) is 0 Å². The normalized spacial score (nSPS) is 10.9. The Hall–Kier alpha value is -1.45. The number of aromatic nitrogens is 4.